The fraction of sp³-hybridized carbons (Fsp3) is 0.0435. The molecule has 1 N–H and O–H groups in total. The van der Waals surface area contributed by atoms with Gasteiger partial charge in [-0.15, -0.1) is 0 Å². The fourth-order valence-electron chi connectivity index (χ4n) is 2.52. The third-order valence-corrected chi connectivity index (χ3v) is 5.00. The first kappa shape index (κ1) is 20.7. The van der Waals surface area contributed by atoms with Gasteiger partial charge in [0.2, 0.25) is 0 Å². The maximum Gasteiger partial charge on any atom is 0.266 e. The molecule has 0 aliphatic rings. The Morgan fingerprint density at radius 1 is 1.10 bits per heavy atom. The van der Waals surface area contributed by atoms with Crippen LogP contribution in [0, 0.1) is 11.3 Å². The van der Waals surface area contributed by atoms with Crippen LogP contribution in [0.4, 0.5) is 5.69 Å². The van der Waals surface area contributed by atoms with Crippen LogP contribution in [-0.4, -0.2) is 5.91 Å². The summed E-state index contributed by atoms with van der Waals surface area (Å²) in [5, 5.41) is 12.5. The summed E-state index contributed by atoms with van der Waals surface area (Å²) in [4.78, 5) is 12.3. The van der Waals surface area contributed by atoms with Crippen molar-refractivity contribution < 1.29 is 9.53 Å². The van der Waals surface area contributed by atoms with E-state index in [0.717, 1.165) is 15.6 Å². The van der Waals surface area contributed by atoms with Crippen LogP contribution in [0.3, 0.4) is 0 Å². The van der Waals surface area contributed by atoms with Crippen molar-refractivity contribution in [2.75, 3.05) is 5.32 Å². The van der Waals surface area contributed by atoms with Gasteiger partial charge in [0.25, 0.3) is 5.91 Å². The Hall–Kier alpha value is -3.07. The minimum Gasteiger partial charge on any atom is -0.489 e. The lowest BCUT2D eigenvalue weighted by Crippen LogP contribution is -2.13. The van der Waals surface area contributed by atoms with E-state index < -0.39 is 5.91 Å². The van der Waals surface area contributed by atoms with Crippen LogP contribution in [-0.2, 0) is 11.4 Å². The highest BCUT2D eigenvalue weighted by Gasteiger charge is 2.10. The molecule has 29 heavy (non-hydrogen) atoms. The zero-order chi connectivity index (χ0) is 20.6. The van der Waals surface area contributed by atoms with E-state index >= 15 is 0 Å². The molecule has 3 aromatic rings. The van der Waals surface area contributed by atoms with Crippen LogP contribution in [0.1, 0.15) is 11.1 Å². The van der Waals surface area contributed by atoms with Crippen molar-refractivity contribution in [2.24, 2.45) is 0 Å². The van der Waals surface area contributed by atoms with Gasteiger partial charge in [0, 0.05) is 20.7 Å². The van der Waals surface area contributed by atoms with Gasteiger partial charge in [-0.1, -0.05) is 63.9 Å². The number of hydrogen-bond donors (Lipinski definition) is 1. The molecule has 0 spiro atoms. The van der Waals surface area contributed by atoms with Crippen molar-refractivity contribution >= 4 is 45.2 Å². The number of carbonyl (C=O) groups excluding carboxylic acids is 1. The minimum atomic E-state index is -0.496. The summed E-state index contributed by atoms with van der Waals surface area (Å²) in [5.41, 5.74) is 2.28. The number of benzene rings is 3. The van der Waals surface area contributed by atoms with Gasteiger partial charge in [0.1, 0.15) is 24.0 Å². The number of ether oxygens (including phenoxy) is 1. The normalized spacial score (nSPS) is 10.9. The molecule has 0 heterocycles. The van der Waals surface area contributed by atoms with Crippen molar-refractivity contribution in [3.63, 3.8) is 0 Å². The molecule has 0 saturated carbocycles. The highest BCUT2D eigenvalue weighted by Crippen LogP contribution is 2.21. The zero-order valence-electron chi connectivity index (χ0n) is 15.2. The molecule has 144 valence electrons. The number of rotatable bonds is 6. The molecule has 0 atom stereocenters. The molecular weight excluding hydrogens is 452 g/mol. The highest BCUT2D eigenvalue weighted by atomic mass is 79.9. The SMILES string of the molecule is N#C/C(=C\c1ccc(OCc2ccccc2Br)cc1)C(=O)Nc1cccc(Cl)c1. The Morgan fingerprint density at radius 3 is 2.55 bits per heavy atom. The molecule has 0 radical (unpaired) electrons. The van der Waals surface area contributed by atoms with Crippen molar-refractivity contribution in [3.8, 4) is 11.8 Å². The Labute approximate surface area is 182 Å². The standard InChI is InChI=1S/C23H16BrClN2O2/c24-22-7-2-1-4-17(22)15-29-21-10-8-16(9-11-21)12-18(14-26)23(28)27-20-6-3-5-19(25)13-20/h1-13H,15H2,(H,27,28)/b18-12+. The lowest BCUT2D eigenvalue weighted by Gasteiger charge is -2.08. The monoisotopic (exact) mass is 466 g/mol. The second kappa shape index (κ2) is 9.92. The number of nitrogens with one attached hydrogen (secondary N) is 1. The number of anilines is 1. The Balaban J connectivity index is 1.66. The van der Waals surface area contributed by atoms with Crippen LogP contribution in [0.15, 0.2) is 82.8 Å². The number of carbonyl (C=O) groups is 1. The van der Waals surface area contributed by atoms with E-state index in [0.29, 0.717) is 23.1 Å². The lowest BCUT2D eigenvalue weighted by atomic mass is 10.1. The molecule has 4 nitrogen and oxygen atoms in total. The van der Waals surface area contributed by atoms with Gasteiger partial charge in [-0.3, -0.25) is 4.79 Å². The molecule has 0 bridgehead atoms. The largest absolute Gasteiger partial charge is 0.489 e. The predicted octanol–water partition coefficient (Wildman–Crippen LogP) is 6.23. The quantitative estimate of drug-likeness (QED) is 0.345. The van der Waals surface area contributed by atoms with E-state index in [1.165, 1.54) is 6.08 Å². The van der Waals surface area contributed by atoms with Gasteiger partial charge in [-0.25, -0.2) is 0 Å². The van der Waals surface area contributed by atoms with E-state index in [1.807, 2.05) is 30.3 Å². The van der Waals surface area contributed by atoms with Gasteiger partial charge >= 0.3 is 0 Å². The van der Waals surface area contributed by atoms with E-state index in [-0.39, 0.29) is 5.57 Å². The number of hydrogen-bond acceptors (Lipinski definition) is 3. The van der Waals surface area contributed by atoms with Crippen molar-refractivity contribution in [1.82, 2.24) is 0 Å². The summed E-state index contributed by atoms with van der Waals surface area (Å²) < 4.78 is 6.78. The molecule has 0 aliphatic carbocycles. The van der Waals surface area contributed by atoms with Gasteiger partial charge in [-0.2, -0.15) is 5.26 Å². The number of nitriles is 1. The molecule has 0 aromatic heterocycles. The topological polar surface area (TPSA) is 62.1 Å². The summed E-state index contributed by atoms with van der Waals surface area (Å²) in [6.45, 7) is 0.433. The van der Waals surface area contributed by atoms with Crippen LogP contribution >= 0.6 is 27.5 Å². The van der Waals surface area contributed by atoms with Crippen molar-refractivity contribution in [2.45, 2.75) is 6.61 Å². The van der Waals surface area contributed by atoms with Gasteiger partial charge in [0.05, 0.1) is 0 Å². The molecule has 0 unspecified atom stereocenters. The number of halogens is 2. The summed E-state index contributed by atoms with van der Waals surface area (Å²) >= 11 is 9.41. The second-order valence-electron chi connectivity index (χ2n) is 6.08. The summed E-state index contributed by atoms with van der Waals surface area (Å²) in [7, 11) is 0. The molecular formula is C23H16BrClN2O2. The Morgan fingerprint density at radius 2 is 1.86 bits per heavy atom. The fourth-order valence-corrected chi connectivity index (χ4v) is 3.11. The molecule has 0 saturated heterocycles. The van der Waals surface area contributed by atoms with Crippen LogP contribution in [0.25, 0.3) is 6.08 Å². The zero-order valence-corrected chi connectivity index (χ0v) is 17.6. The molecule has 3 aromatic carbocycles. The van der Waals surface area contributed by atoms with Crippen LogP contribution < -0.4 is 10.1 Å². The van der Waals surface area contributed by atoms with Crippen LogP contribution in [0.5, 0.6) is 5.75 Å². The van der Waals surface area contributed by atoms with Gasteiger partial charge in [0.15, 0.2) is 0 Å². The first-order valence-corrected chi connectivity index (χ1v) is 9.87. The maximum atomic E-state index is 12.3. The molecule has 1 amide bonds. The van der Waals surface area contributed by atoms with Crippen molar-refractivity contribution in [1.29, 1.82) is 5.26 Å². The third-order valence-electron chi connectivity index (χ3n) is 3.99. The predicted molar refractivity (Wildman–Crippen MR) is 119 cm³/mol. The van der Waals surface area contributed by atoms with E-state index in [9.17, 15) is 10.1 Å². The minimum absolute atomic E-state index is 0.00754. The maximum absolute atomic E-state index is 12.3. The molecule has 0 fully saturated rings. The first-order chi connectivity index (χ1) is 14.0. The molecule has 6 heteroatoms. The Bertz CT molecular complexity index is 1090. The Kier molecular flexibility index (Phi) is 7.07. The summed E-state index contributed by atoms with van der Waals surface area (Å²) in [5.74, 6) is 0.198. The van der Waals surface area contributed by atoms with Crippen LogP contribution in [0.2, 0.25) is 5.02 Å². The molecule has 3 rings (SSSR count). The van der Waals surface area contributed by atoms with Gasteiger partial charge in [-0.05, 0) is 48.0 Å². The summed E-state index contributed by atoms with van der Waals surface area (Å²) in [6.07, 6.45) is 1.53. The third kappa shape index (κ3) is 5.95. The average Bonchev–Trinajstić information content (AvgIpc) is 2.72. The second-order valence-corrected chi connectivity index (χ2v) is 7.37. The van der Waals surface area contributed by atoms with E-state index in [2.05, 4.69) is 21.2 Å². The first-order valence-electron chi connectivity index (χ1n) is 8.70. The number of amides is 1. The number of nitrogens with zero attached hydrogens (tertiary/aromatic N) is 1. The highest BCUT2D eigenvalue weighted by molar-refractivity contribution is 9.10. The summed E-state index contributed by atoms with van der Waals surface area (Å²) in [6, 6.07) is 23.7. The van der Waals surface area contributed by atoms with E-state index in [4.69, 9.17) is 16.3 Å². The lowest BCUT2D eigenvalue weighted by molar-refractivity contribution is -0.112. The molecule has 0 aliphatic heterocycles. The van der Waals surface area contributed by atoms with E-state index in [1.54, 1.807) is 48.5 Å². The van der Waals surface area contributed by atoms with Crippen molar-refractivity contribution in [3.05, 3.63) is 99.0 Å². The smallest absolute Gasteiger partial charge is 0.266 e. The average molecular weight is 468 g/mol. The van der Waals surface area contributed by atoms with Gasteiger partial charge < -0.3 is 10.1 Å².